The molecule has 0 aromatic heterocycles. The first-order valence-electron chi connectivity index (χ1n) is 4.35. The molecule has 2 heteroatoms. The summed E-state index contributed by atoms with van der Waals surface area (Å²) in [6.07, 6.45) is 0. The van der Waals surface area contributed by atoms with Gasteiger partial charge in [0.15, 0.2) is 0 Å². The molecule has 13 heavy (non-hydrogen) atoms. The normalized spacial score (nSPS) is 12.5. The monoisotopic (exact) mass is 191 g/mol. The summed E-state index contributed by atoms with van der Waals surface area (Å²) >= 11 is 1.64. The predicted molar refractivity (Wildman–Crippen MR) is 56.5 cm³/mol. The van der Waals surface area contributed by atoms with E-state index < -0.39 is 0 Å². The molecule has 1 nitrogen and oxygen atoms in total. The van der Waals surface area contributed by atoms with Crippen LogP contribution >= 0.6 is 11.8 Å². The van der Waals surface area contributed by atoms with Gasteiger partial charge in [0.2, 0.25) is 0 Å². The van der Waals surface area contributed by atoms with Crippen LogP contribution in [-0.2, 0) is 0 Å². The maximum Gasteiger partial charge on any atom is 0.0986 e. The van der Waals surface area contributed by atoms with Crippen molar-refractivity contribution in [3.63, 3.8) is 0 Å². The summed E-state index contributed by atoms with van der Waals surface area (Å²) in [5.41, 5.74) is 0. The number of hydrogen-bond donors (Lipinski definition) is 0. The van der Waals surface area contributed by atoms with Gasteiger partial charge in [0.25, 0.3) is 0 Å². The molecule has 0 saturated carbocycles. The Bertz CT molecular complexity index is 287. The molecule has 0 saturated heterocycles. The summed E-state index contributed by atoms with van der Waals surface area (Å²) in [5.74, 6) is 0.398. The van der Waals surface area contributed by atoms with E-state index in [2.05, 4.69) is 19.9 Å². The molecule has 0 spiro atoms. The zero-order valence-electron chi connectivity index (χ0n) is 7.90. The van der Waals surface area contributed by atoms with Gasteiger partial charge < -0.3 is 0 Å². The van der Waals surface area contributed by atoms with Crippen LogP contribution in [0.5, 0.6) is 0 Å². The van der Waals surface area contributed by atoms with Crippen LogP contribution in [0.3, 0.4) is 0 Å². The summed E-state index contributed by atoms with van der Waals surface area (Å²) < 4.78 is 0. The van der Waals surface area contributed by atoms with Crippen molar-refractivity contribution in [1.82, 2.24) is 0 Å². The Labute approximate surface area is 83.8 Å². The smallest absolute Gasteiger partial charge is 0.0986 e. The number of benzene rings is 1. The van der Waals surface area contributed by atoms with Crippen molar-refractivity contribution >= 4 is 11.8 Å². The number of nitriles is 1. The highest BCUT2D eigenvalue weighted by molar-refractivity contribution is 8.00. The molecule has 0 aliphatic heterocycles. The molecule has 1 atom stereocenters. The van der Waals surface area contributed by atoms with E-state index in [1.54, 1.807) is 11.8 Å². The molecule has 0 aliphatic carbocycles. The Morgan fingerprint density at radius 1 is 1.23 bits per heavy atom. The third-order valence-electron chi connectivity index (χ3n) is 1.74. The van der Waals surface area contributed by atoms with Crippen LogP contribution in [0.4, 0.5) is 0 Å². The highest BCUT2D eigenvalue weighted by Crippen LogP contribution is 2.26. The lowest BCUT2D eigenvalue weighted by Gasteiger charge is -2.11. The minimum atomic E-state index is 0.0578. The standard InChI is InChI=1S/C11H13NS/c1-9(2)11(8-12)13-10-6-4-3-5-7-10/h3-7,9,11H,1-2H3. The average Bonchev–Trinajstić information content (AvgIpc) is 2.15. The Morgan fingerprint density at radius 2 is 1.85 bits per heavy atom. The van der Waals surface area contributed by atoms with Gasteiger partial charge in [0.05, 0.1) is 11.3 Å². The van der Waals surface area contributed by atoms with E-state index in [4.69, 9.17) is 5.26 Å². The molecular weight excluding hydrogens is 178 g/mol. The SMILES string of the molecule is CC(C)C(C#N)Sc1ccccc1. The van der Waals surface area contributed by atoms with Gasteiger partial charge in [-0.15, -0.1) is 11.8 Å². The van der Waals surface area contributed by atoms with Crippen LogP contribution in [0.25, 0.3) is 0 Å². The summed E-state index contributed by atoms with van der Waals surface area (Å²) in [5, 5.41) is 8.94. The molecule has 0 aliphatic rings. The second-order valence-corrected chi connectivity index (χ2v) is 4.44. The number of rotatable bonds is 3. The van der Waals surface area contributed by atoms with Crippen molar-refractivity contribution in [2.45, 2.75) is 24.0 Å². The van der Waals surface area contributed by atoms with Crippen molar-refractivity contribution in [2.75, 3.05) is 0 Å². The first-order valence-corrected chi connectivity index (χ1v) is 5.23. The largest absolute Gasteiger partial charge is 0.197 e. The van der Waals surface area contributed by atoms with E-state index in [0.717, 1.165) is 0 Å². The summed E-state index contributed by atoms with van der Waals surface area (Å²) in [6, 6.07) is 12.4. The third-order valence-corrected chi connectivity index (χ3v) is 3.19. The first-order chi connectivity index (χ1) is 6.24. The lowest BCUT2D eigenvalue weighted by Crippen LogP contribution is -2.07. The third kappa shape index (κ3) is 3.12. The van der Waals surface area contributed by atoms with Gasteiger partial charge in [-0.05, 0) is 18.1 Å². The minimum Gasteiger partial charge on any atom is -0.197 e. The Kier molecular flexibility index (Phi) is 3.85. The maximum absolute atomic E-state index is 8.89. The number of thioether (sulfide) groups is 1. The van der Waals surface area contributed by atoms with Crippen LogP contribution in [0.1, 0.15) is 13.8 Å². The molecule has 0 N–H and O–H groups in total. The van der Waals surface area contributed by atoms with Gasteiger partial charge in [-0.2, -0.15) is 5.26 Å². The fraction of sp³-hybridized carbons (Fsp3) is 0.364. The van der Waals surface area contributed by atoms with Crippen LogP contribution in [0.2, 0.25) is 0 Å². The second-order valence-electron chi connectivity index (χ2n) is 3.22. The van der Waals surface area contributed by atoms with Gasteiger partial charge in [-0.1, -0.05) is 32.0 Å². The fourth-order valence-corrected chi connectivity index (χ4v) is 1.89. The maximum atomic E-state index is 8.89. The molecule has 1 rings (SSSR count). The van der Waals surface area contributed by atoms with Crippen LogP contribution in [-0.4, -0.2) is 5.25 Å². The minimum absolute atomic E-state index is 0.0578. The fourth-order valence-electron chi connectivity index (χ4n) is 0.957. The molecule has 68 valence electrons. The molecule has 0 heterocycles. The van der Waals surface area contributed by atoms with Crippen LogP contribution in [0, 0.1) is 17.2 Å². The lowest BCUT2D eigenvalue weighted by atomic mass is 10.1. The number of hydrogen-bond acceptors (Lipinski definition) is 2. The summed E-state index contributed by atoms with van der Waals surface area (Å²) in [4.78, 5) is 1.17. The Morgan fingerprint density at radius 3 is 2.31 bits per heavy atom. The van der Waals surface area contributed by atoms with E-state index in [-0.39, 0.29) is 5.25 Å². The van der Waals surface area contributed by atoms with E-state index in [1.807, 2.05) is 30.3 Å². The van der Waals surface area contributed by atoms with Crippen molar-refractivity contribution < 1.29 is 0 Å². The summed E-state index contributed by atoms with van der Waals surface area (Å²) in [6.45, 7) is 4.15. The molecule has 0 radical (unpaired) electrons. The summed E-state index contributed by atoms with van der Waals surface area (Å²) in [7, 11) is 0. The van der Waals surface area contributed by atoms with Crippen molar-refractivity contribution in [3.8, 4) is 6.07 Å². The second kappa shape index (κ2) is 4.94. The van der Waals surface area contributed by atoms with Gasteiger partial charge in [0.1, 0.15) is 0 Å². The van der Waals surface area contributed by atoms with E-state index in [9.17, 15) is 0 Å². The van der Waals surface area contributed by atoms with E-state index in [0.29, 0.717) is 5.92 Å². The van der Waals surface area contributed by atoms with Crippen LogP contribution < -0.4 is 0 Å². The molecule has 1 aromatic carbocycles. The molecule has 1 unspecified atom stereocenters. The number of nitrogens with zero attached hydrogens (tertiary/aromatic N) is 1. The van der Waals surface area contributed by atoms with E-state index in [1.165, 1.54) is 4.90 Å². The van der Waals surface area contributed by atoms with Crippen molar-refractivity contribution in [1.29, 1.82) is 5.26 Å². The quantitative estimate of drug-likeness (QED) is 0.684. The predicted octanol–water partition coefficient (Wildman–Crippen LogP) is 3.33. The highest BCUT2D eigenvalue weighted by atomic mass is 32.2. The van der Waals surface area contributed by atoms with Crippen molar-refractivity contribution in [3.05, 3.63) is 30.3 Å². The topological polar surface area (TPSA) is 23.8 Å². The molecule has 0 bridgehead atoms. The van der Waals surface area contributed by atoms with Gasteiger partial charge in [-0.25, -0.2) is 0 Å². The molecule has 0 fully saturated rings. The Balaban J connectivity index is 2.64. The zero-order chi connectivity index (χ0) is 9.68. The lowest BCUT2D eigenvalue weighted by molar-refractivity contribution is 0.685. The molecular formula is C11H13NS. The molecule has 0 amide bonds. The van der Waals surface area contributed by atoms with E-state index >= 15 is 0 Å². The van der Waals surface area contributed by atoms with Gasteiger partial charge >= 0.3 is 0 Å². The van der Waals surface area contributed by atoms with Gasteiger partial charge in [-0.3, -0.25) is 0 Å². The first kappa shape index (κ1) is 10.1. The van der Waals surface area contributed by atoms with Crippen LogP contribution in [0.15, 0.2) is 35.2 Å². The average molecular weight is 191 g/mol. The Hall–Kier alpha value is -0.940. The van der Waals surface area contributed by atoms with Crippen molar-refractivity contribution in [2.24, 2.45) is 5.92 Å². The van der Waals surface area contributed by atoms with Gasteiger partial charge in [0, 0.05) is 4.90 Å². The zero-order valence-corrected chi connectivity index (χ0v) is 8.71. The molecule has 1 aromatic rings. The highest BCUT2D eigenvalue weighted by Gasteiger charge is 2.12.